The van der Waals surface area contributed by atoms with Gasteiger partial charge in [0.05, 0.1) is 0 Å². The Morgan fingerprint density at radius 1 is 1.30 bits per heavy atom. The number of rotatable bonds is 4. The summed E-state index contributed by atoms with van der Waals surface area (Å²) in [5, 5.41) is 3.44. The molecular weight excluding hydrogens is 242 g/mol. The third-order valence-electron chi connectivity index (χ3n) is 4.61. The van der Waals surface area contributed by atoms with Crippen molar-refractivity contribution in [2.45, 2.75) is 48.0 Å². The van der Waals surface area contributed by atoms with Crippen LogP contribution in [0.15, 0.2) is 48.4 Å². The van der Waals surface area contributed by atoms with E-state index in [1.54, 1.807) is 6.08 Å². The highest BCUT2D eigenvalue weighted by atomic mass is 14.9. The van der Waals surface area contributed by atoms with E-state index in [-0.39, 0.29) is 5.41 Å². The summed E-state index contributed by atoms with van der Waals surface area (Å²) in [7, 11) is 0. The second-order valence-electron chi connectivity index (χ2n) is 7.01. The van der Waals surface area contributed by atoms with Gasteiger partial charge in [0.15, 0.2) is 0 Å². The molecule has 1 aliphatic rings. The van der Waals surface area contributed by atoms with E-state index >= 15 is 0 Å². The first-order valence-corrected chi connectivity index (χ1v) is 7.73. The van der Waals surface area contributed by atoms with Crippen molar-refractivity contribution >= 4 is 0 Å². The molecule has 0 saturated carbocycles. The molecule has 20 heavy (non-hydrogen) atoms. The highest BCUT2D eigenvalue weighted by Crippen LogP contribution is 2.42. The van der Waals surface area contributed by atoms with E-state index in [2.05, 4.69) is 72.2 Å². The summed E-state index contributed by atoms with van der Waals surface area (Å²) in [4.78, 5) is 0. The molecule has 1 N–H and O–H groups in total. The molecule has 0 heterocycles. The quantitative estimate of drug-likeness (QED) is 0.672. The van der Waals surface area contributed by atoms with Gasteiger partial charge in [0, 0.05) is 17.3 Å². The number of nitrogens with one attached hydrogen (secondary N) is 1. The Balaban J connectivity index is 3.19. The van der Waals surface area contributed by atoms with Crippen LogP contribution in [0.1, 0.15) is 48.0 Å². The average molecular weight is 273 g/mol. The van der Waals surface area contributed by atoms with Gasteiger partial charge in [-0.25, -0.2) is 0 Å². The van der Waals surface area contributed by atoms with Gasteiger partial charge in [-0.2, -0.15) is 0 Å². The fraction of sp³-hybridized carbons (Fsp3) is 0.579. The third-order valence-corrected chi connectivity index (χ3v) is 4.61. The van der Waals surface area contributed by atoms with Gasteiger partial charge in [-0.05, 0) is 35.8 Å². The summed E-state index contributed by atoms with van der Waals surface area (Å²) in [6.07, 6.45) is 7.49. The minimum Gasteiger partial charge on any atom is -0.359 e. The van der Waals surface area contributed by atoms with Crippen molar-refractivity contribution in [1.29, 1.82) is 0 Å². The molecule has 3 atom stereocenters. The van der Waals surface area contributed by atoms with E-state index in [0.717, 1.165) is 12.1 Å². The van der Waals surface area contributed by atoms with Crippen molar-refractivity contribution in [3.63, 3.8) is 0 Å². The van der Waals surface area contributed by atoms with Crippen LogP contribution in [0.5, 0.6) is 0 Å². The van der Waals surface area contributed by atoms with Gasteiger partial charge in [-0.15, -0.1) is 0 Å². The molecule has 0 aliphatic heterocycles. The third kappa shape index (κ3) is 3.65. The highest BCUT2D eigenvalue weighted by molar-refractivity contribution is 5.30. The van der Waals surface area contributed by atoms with Crippen LogP contribution in [-0.2, 0) is 0 Å². The van der Waals surface area contributed by atoms with E-state index in [9.17, 15) is 0 Å². The lowest BCUT2D eigenvalue weighted by Gasteiger charge is -2.34. The number of allylic oxidation sites excluding steroid dienone is 5. The van der Waals surface area contributed by atoms with Gasteiger partial charge in [-0.1, -0.05) is 66.3 Å². The molecule has 0 amide bonds. The number of hydrogen-bond acceptors (Lipinski definition) is 1. The van der Waals surface area contributed by atoms with Crippen LogP contribution < -0.4 is 5.32 Å². The Labute approximate surface area is 125 Å². The summed E-state index contributed by atoms with van der Waals surface area (Å²) in [6.45, 7) is 21.7. The fourth-order valence-electron chi connectivity index (χ4n) is 3.27. The second-order valence-corrected chi connectivity index (χ2v) is 7.01. The van der Waals surface area contributed by atoms with Crippen molar-refractivity contribution in [3.05, 3.63) is 48.4 Å². The summed E-state index contributed by atoms with van der Waals surface area (Å²) in [5.41, 5.74) is 3.90. The molecule has 112 valence electrons. The molecule has 0 aromatic carbocycles. The SMILES string of the molecule is C=CC(=C)NC1=CC=C(C(C)(C)C)[C@@H](C)[C@@H](C)C1CC. The van der Waals surface area contributed by atoms with Crippen LogP contribution in [0.2, 0.25) is 0 Å². The van der Waals surface area contributed by atoms with Gasteiger partial charge in [-0.3, -0.25) is 0 Å². The molecule has 0 spiro atoms. The molecule has 1 heteroatoms. The molecule has 1 rings (SSSR count). The second kappa shape index (κ2) is 6.47. The van der Waals surface area contributed by atoms with Gasteiger partial charge >= 0.3 is 0 Å². The molecule has 1 nitrogen and oxygen atoms in total. The lowest BCUT2D eigenvalue weighted by molar-refractivity contribution is 0.282. The summed E-state index contributed by atoms with van der Waals surface area (Å²) >= 11 is 0. The van der Waals surface area contributed by atoms with Crippen LogP contribution in [0, 0.1) is 23.2 Å². The Bertz CT molecular complexity index is 431. The van der Waals surface area contributed by atoms with Crippen molar-refractivity contribution in [3.8, 4) is 0 Å². The lowest BCUT2D eigenvalue weighted by Crippen LogP contribution is -2.28. The van der Waals surface area contributed by atoms with Gasteiger partial charge < -0.3 is 5.32 Å². The smallest absolute Gasteiger partial charge is 0.0302 e. The molecule has 0 aromatic rings. The van der Waals surface area contributed by atoms with Crippen LogP contribution in [0.4, 0.5) is 0 Å². The van der Waals surface area contributed by atoms with E-state index < -0.39 is 0 Å². The summed E-state index contributed by atoms with van der Waals surface area (Å²) in [5.74, 6) is 1.75. The maximum atomic E-state index is 3.99. The topological polar surface area (TPSA) is 12.0 Å². The standard InChI is InChI=1S/C19H31N/c1-9-13(3)20-18-12-11-17(19(6,7)8)15(5)14(4)16(18)10-2/h9,11-12,14-16,20H,1,3,10H2,2,4-8H3/t14-,15+,16?/m1/s1. The number of hydrogen-bond donors (Lipinski definition) is 1. The molecule has 0 saturated heterocycles. The minimum atomic E-state index is 0.216. The summed E-state index contributed by atoms with van der Waals surface area (Å²) < 4.78 is 0. The normalized spacial score (nSPS) is 27.2. The largest absolute Gasteiger partial charge is 0.359 e. The van der Waals surface area contributed by atoms with E-state index in [1.807, 2.05) is 0 Å². The predicted octanol–water partition coefficient (Wildman–Crippen LogP) is 5.44. The van der Waals surface area contributed by atoms with Crippen LogP contribution in [-0.4, -0.2) is 0 Å². The Kier molecular flexibility index (Phi) is 5.44. The van der Waals surface area contributed by atoms with E-state index in [4.69, 9.17) is 0 Å². The van der Waals surface area contributed by atoms with Gasteiger partial charge in [0.25, 0.3) is 0 Å². The lowest BCUT2D eigenvalue weighted by atomic mass is 9.71. The first kappa shape index (κ1) is 16.8. The molecule has 0 aromatic heterocycles. The van der Waals surface area contributed by atoms with E-state index in [1.165, 1.54) is 11.3 Å². The van der Waals surface area contributed by atoms with Gasteiger partial charge in [0.2, 0.25) is 0 Å². The predicted molar refractivity (Wildman–Crippen MR) is 90.2 cm³/mol. The van der Waals surface area contributed by atoms with Crippen LogP contribution in [0.3, 0.4) is 0 Å². The zero-order valence-electron chi connectivity index (χ0n) is 14.1. The van der Waals surface area contributed by atoms with Crippen LogP contribution >= 0.6 is 0 Å². The monoisotopic (exact) mass is 273 g/mol. The molecule has 0 radical (unpaired) electrons. The Morgan fingerprint density at radius 3 is 2.35 bits per heavy atom. The van der Waals surface area contributed by atoms with E-state index in [0.29, 0.717) is 17.8 Å². The van der Waals surface area contributed by atoms with Crippen molar-refractivity contribution in [1.82, 2.24) is 5.32 Å². The maximum absolute atomic E-state index is 3.99. The molecule has 1 unspecified atom stereocenters. The molecule has 1 aliphatic carbocycles. The van der Waals surface area contributed by atoms with Crippen LogP contribution in [0.25, 0.3) is 0 Å². The highest BCUT2D eigenvalue weighted by Gasteiger charge is 2.32. The van der Waals surface area contributed by atoms with Crippen molar-refractivity contribution in [2.75, 3.05) is 0 Å². The average Bonchev–Trinajstić information content (AvgIpc) is 2.47. The minimum absolute atomic E-state index is 0.216. The van der Waals surface area contributed by atoms with Crippen molar-refractivity contribution in [2.24, 2.45) is 23.2 Å². The first-order chi connectivity index (χ1) is 9.22. The van der Waals surface area contributed by atoms with Gasteiger partial charge in [0.1, 0.15) is 0 Å². The fourth-order valence-corrected chi connectivity index (χ4v) is 3.27. The molecule has 0 fully saturated rings. The summed E-state index contributed by atoms with van der Waals surface area (Å²) in [6, 6.07) is 0. The zero-order valence-corrected chi connectivity index (χ0v) is 14.1. The zero-order chi connectivity index (χ0) is 15.5. The Hall–Kier alpha value is -1.24. The molecular formula is C19H31N. The van der Waals surface area contributed by atoms with Crippen molar-refractivity contribution < 1.29 is 0 Å². The molecule has 0 bridgehead atoms. The maximum Gasteiger partial charge on any atom is 0.0302 e. The Morgan fingerprint density at radius 2 is 1.90 bits per heavy atom. The first-order valence-electron chi connectivity index (χ1n) is 7.73.